The summed E-state index contributed by atoms with van der Waals surface area (Å²) in [7, 11) is 0. The monoisotopic (exact) mass is 841 g/mol. The zero-order chi connectivity index (χ0) is 43.5. The van der Waals surface area contributed by atoms with Gasteiger partial charge in [-0.3, -0.25) is 9.59 Å². The molecule has 0 aromatic rings. The fraction of sp³-hybridized carbons (Fsp3) is 0.818. The lowest BCUT2D eigenvalue weighted by Crippen LogP contribution is -2.30. The van der Waals surface area contributed by atoms with Crippen LogP contribution in [0.2, 0.25) is 0 Å². The summed E-state index contributed by atoms with van der Waals surface area (Å²) >= 11 is 0. The third-order valence-electron chi connectivity index (χ3n) is 11.3. The number of rotatable bonds is 48. The van der Waals surface area contributed by atoms with E-state index in [2.05, 4.69) is 69.4 Å². The Morgan fingerprint density at radius 3 is 1.22 bits per heavy atom. The topological polar surface area (TPSA) is 61.8 Å². The first-order valence-corrected chi connectivity index (χ1v) is 26.2. The van der Waals surface area contributed by atoms with Crippen molar-refractivity contribution in [3.63, 3.8) is 0 Å². The average molecular weight is 841 g/mol. The maximum Gasteiger partial charge on any atom is 0.306 e. The Morgan fingerprint density at radius 2 is 0.750 bits per heavy atom. The van der Waals surface area contributed by atoms with Crippen molar-refractivity contribution in [3.05, 3.63) is 48.6 Å². The van der Waals surface area contributed by atoms with Gasteiger partial charge in [0.15, 0.2) is 6.10 Å². The van der Waals surface area contributed by atoms with Crippen molar-refractivity contribution in [3.8, 4) is 0 Å². The number of carbonyl (C=O) groups is 2. The second kappa shape index (κ2) is 51.2. The number of ether oxygens (including phenoxy) is 3. The van der Waals surface area contributed by atoms with Crippen LogP contribution in [0.4, 0.5) is 0 Å². The summed E-state index contributed by atoms with van der Waals surface area (Å²) in [6.45, 7) is 7.72. The lowest BCUT2D eigenvalue weighted by molar-refractivity contribution is -0.163. The molecule has 0 heterocycles. The molecule has 350 valence electrons. The maximum atomic E-state index is 12.8. The Labute approximate surface area is 373 Å². The molecule has 0 N–H and O–H groups in total. The van der Waals surface area contributed by atoms with E-state index in [4.69, 9.17) is 14.2 Å². The van der Waals surface area contributed by atoms with Crippen LogP contribution in [0.5, 0.6) is 0 Å². The van der Waals surface area contributed by atoms with Crippen LogP contribution in [-0.2, 0) is 23.8 Å². The van der Waals surface area contributed by atoms with Crippen LogP contribution in [0.3, 0.4) is 0 Å². The highest BCUT2D eigenvalue weighted by molar-refractivity contribution is 5.70. The molecule has 0 amide bonds. The Kier molecular flexibility index (Phi) is 49.4. The van der Waals surface area contributed by atoms with Crippen molar-refractivity contribution < 1.29 is 23.8 Å². The van der Waals surface area contributed by atoms with E-state index in [9.17, 15) is 9.59 Å². The molecule has 0 saturated carbocycles. The molecule has 0 fully saturated rings. The SMILES string of the molecule is CC/C=C\C/C=C\C/C=C\CCCCCCCCCC(=O)OC(COCCCCCCCCCC)COC(=O)CCCCCCCCCCC/C=C\CCCCCCCC. The molecule has 0 aromatic heterocycles. The maximum absolute atomic E-state index is 12.8. The Bertz CT molecular complexity index is 997. The third kappa shape index (κ3) is 48.5. The summed E-state index contributed by atoms with van der Waals surface area (Å²) in [5.41, 5.74) is 0. The predicted molar refractivity (Wildman–Crippen MR) is 261 cm³/mol. The van der Waals surface area contributed by atoms with Crippen molar-refractivity contribution >= 4 is 11.9 Å². The molecule has 1 unspecified atom stereocenters. The summed E-state index contributed by atoms with van der Waals surface area (Å²) < 4.78 is 17.3. The summed E-state index contributed by atoms with van der Waals surface area (Å²) in [6.07, 6.45) is 62.7. The summed E-state index contributed by atoms with van der Waals surface area (Å²) in [4.78, 5) is 25.4. The minimum absolute atomic E-state index is 0.0828. The van der Waals surface area contributed by atoms with Crippen molar-refractivity contribution in [2.75, 3.05) is 19.8 Å². The molecular formula is C55H100O5. The van der Waals surface area contributed by atoms with Crippen molar-refractivity contribution in [1.82, 2.24) is 0 Å². The van der Waals surface area contributed by atoms with Gasteiger partial charge in [-0.2, -0.15) is 0 Å². The Hall–Kier alpha value is -2.14. The van der Waals surface area contributed by atoms with Crippen LogP contribution in [-0.4, -0.2) is 37.9 Å². The molecule has 0 saturated heterocycles. The van der Waals surface area contributed by atoms with Crippen LogP contribution in [0.1, 0.15) is 265 Å². The first-order chi connectivity index (χ1) is 29.6. The largest absolute Gasteiger partial charge is 0.462 e. The second-order valence-corrected chi connectivity index (χ2v) is 17.4. The van der Waals surface area contributed by atoms with E-state index in [0.717, 1.165) is 70.6 Å². The van der Waals surface area contributed by atoms with Gasteiger partial charge in [0, 0.05) is 19.4 Å². The second-order valence-electron chi connectivity index (χ2n) is 17.4. The third-order valence-corrected chi connectivity index (χ3v) is 11.3. The molecule has 0 aromatic carbocycles. The molecular weight excluding hydrogens is 741 g/mol. The summed E-state index contributed by atoms with van der Waals surface area (Å²) in [6, 6.07) is 0. The van der Waals surface area contributed by atoms with Gasteiger partial charge in [-0.1, -0.05) is 223 Å². The number of esters is 2. The van der Waals surface area contributed by atoms with Gasteiger partial charge >= 0.3 is 11.9 Å². The van der Waals surface area contributed by atoms with Crippen molar-refractivity contribution in [2.45, 2.75) is 271 Å². The van der Waals surface area contributed by atoms with Crippen molar-refractivity contribution in [1.29, 1.82) is 0 Å². The van der Waals surface area contributed by atoms with Crippen LogP contribution in [0.25, 0.3) is 0 Å². The first kappa shape index (κ1) is 57.9. The lowest BCUT2D eigenvalue weighted by atomic mass is 10.1. The quantitative estimate of drug-likeness (QED) is 0.0347. The number of allylic oxidation sites excluding steroid dienone is 8. The molecule has 0 aliphatic carbocycles. The normalized spacial score (nSPS) is 12.5. The molecule has 0 radical (unpaired) electrons. The van der Waals surface area contributed by atoms with Gasteiger partial charge in [0.2, 0.25) is 0 Å². The zero-order valence-electron chi connectivity index (χ0n) is 40.2. The number of hydrogen-bond donors (Lipinski definition) is 0. The van der Waals surface area contributed by atoms with Crippen LogP contribution >= 0.6 is 0 Å². The van der Waals surface area contributed by atoms with Gasteiger partial charge in [0.1, 0.15) is 6.61 Å². The van der Waals surface area contributed by atoms with Gasteiger partial charge in [0.25, 0.3) is 0 Å². The molecule has 0 spiro atoms. The smallest absolute Gasteiger partial charge is 0.306 e. The molecule has 0 aliphatic rings. The van der Waals surface area contributed by atoms with Gasteiger partial charge in [-0.05, 0) is 77.0 Å². The molecule has 0 aliphatic heterocycles. The fourth-order valence-electron chi connectivity index (χ4n) is 7.46. The Balaban J connectivity index is 4.14. The van der Waals surface area contributed by atoms with E-state index in [1.807, 2.05) is 0 Å². The number of unbranched alkanes of at least 4 members (excludes halogenated alkanes) is 29. The highest BCUT2D eigenvalue weighted by atomic mass is 16.6. The Morgan fingerprint density at radius 1 is 0.383 bits per heavy atom. The highest BCUT2D eigenvalue weighted by Gasteiger charge is 2.17. The van der Waals surface area contributed by atoms with E-state index >= 15 is 0 Å². The van der Waals surface area contributed by atoms with Gasteiger partial charge in [-0.25, -0.2) is 0 Å². The minimum atomic E-state index is -0.537. The van der Waals surface area contributed by atoms with Gasteiger partial charge < -0.3 is 14.2 Å². The van der Waals surface area contributed by atoms with E-state index in [1.165, 1.54) is 161 Å². The number of hydrogen-bond acceptors (Lipinski definition) is 5. The van der Waals surface area contributed by atoms with E-state index in [-0.39, 0.29) is 25.2 Å². The van der Waals surface area contributed by atoms with E-state index in [0.29, 0.717) is 19.4 Å². The van der Waals surface area contributed by atoms with Gasteiger partial charge in [0.05, 0.1) is 6.61 Å². The highest BCUT2D eigenvalue weighted by Crippen LogP contribution is 2.15. The fourth-order valence-corrected chi connectivity index (χ4v) is 7.46. The van der Waals surface area contributed by atoms with Crippen molar-refractivity contribution in [2.24, 2.45) is 0 Å². The van der Waals surface area contributed by atoms with Crippen LogP contribution in [0.15, 0.2) is 48.6 Å². The lowest BCUT2D eigenvalue weighted by Gasteiger charge is -2.18. The van der Waals surface area contributed by atoms with Crippen LogP contribution in [0, 0.1) is 0 Å². The molecule has 60 heavy (non-hydrogen) atoms. The molecule has 0 rings (SSSR count). The first-order valence-electron chi connectivity index (χ1n) is 26.2. The van der Waals surface area contributed by atoms with Crippen LogP contribution < -0.4 is 0 Å². The standard InChI is InChI=1S/C55H100O5/c1-4-7-10-13-16-19-21-23-25-27-28-30-31-33-35-37-39-42-45-48-54(56)59-52-53(51-58-50-47-44-41-18-15-12-9-6-3)60-55(57)49-46-43-40-38-36-34-32-29-26-24-22-20-17-14-11-8-5-2/h8,11,17,20,23-26,53H,4-7,9-10,12-16,18-19,21-22,27-52H2,1-3H3/b11-8-,20-17-,25-23-,26-24-. The summed E-state index contributed by atoms with van der Waals surface area (Å²) in [5.74, 6) is -0.402. The van der Waals surface area contributed by atoms with Gasteiger partial charge in [-0.15, -0.1) is 0 Å². The molecule has 0 bridgehead atoms. The summed E-state index contributed by atoms with van der Waals surface area (Å²) in [5, 5.41) is 0. The molecule has 5 nitrogen and oxygen atoms in total. The van der Waals surface area contributed by atoms with E-state index < -0.39 is 6.10 Å². The number of carbonyl (C=O) groups excluding carboxylic acids is 2. The molecule has 5 heteroatoms. The zero-order valence-corrected chi connectivity index (χ0v) is 40.2. The average Bonchev–Trinajstić information content (AvgIpc) is 3.25. The predicted octanol–water partition coefficient (Wildman–Crippen LogP) is 17.6. The minimum Gasteiger partial charge on any atom is -0.462 e. The van der Waals surface area contributed by atoms with E-state index in [1.54, 1.807) is 0 Å². The molecule has 1 atom stereocenters.